The predicted molar refractivity (Wildman–Crippen MR) is 110 cm³/mol. The lowest BCUT2D eigenvalue weighted by atomic mass is 9.87. The van der Waals surface area contributed by atoms with Crippen LogP contribution >= 0.6 is 0 Å². The molecule has 28 heavy (non-hydrogen) atoms. The Kier molecular flexibility index (Phi) is 6.32. The lowest BCUT2D eigenvalue weighted by Gasteiger charge is -2.22. The molecule has 3 unspecified atom stereocenters. The number of rotatable bonds is 7. The summed E-state index contributed by atoms with van der Waals surface area (Å²) < 4.78 is 5.64. The van der Waals surface area contributed by atoms with Crippen molar-refractivity contribution in [2.75, 3.05) is 0 Å². The Bertz CT molecular complexity index is 945. The van der Waals surface area contributed by atoms with Crippen molar-refractivity contribution in [1.82, 2.24) is 0 Å². The van der Waals surface area contributed by atoms with Gasteiger partial charge in [0, 0.05) is 17.9 Å². The minimum atomic E-state index is -0.853. The molecule has 0 aliphatic heterocycles. The molecular weight excluding hydrogens is 352 g/mol. The molecule has 1 aromatic heterocycles. The molecule has 0 radical (unpaired) electrons. The molecule has 0 fully saturated rings. The van der Waals surface area contributed by atoms with Gasteiger partial charge in [0.1, 0.15) is 11.5 Å². The third-order valence-electron chi connectivity index (χ3n) is 5.16. The molecule has 2 aromatic carbocycles. The first-order valence-corrected chi connectivity index (χ1v) is 9.65. The summed E-state index contributed by atoms with van der Waals surface area (Å²) in [5.41, 5.74) is 1.40. The van der Waals surface area contributed by atoms with Gasteiger partial charge in [0.2, 0.25) is 0 Å². The largest absolute Gasteiger partial charge is 0.507 e. The van der Waals surface area contributed by atoms with Crippen LogP contribution in [0.25, 0.3) is 0 Å². The van der Waals surface area contributed by atoms with Crippen LogP contribution in [0.5, 0.6) is 5.75 Å². The average Bonchev–Trinajstić information content (AvgIpc) is 2.69. The van der Waals surface area contributed by atoms with Crippen LogP contribution in [-0.4, -0.2) is 16.3 Å². The molecule has 0 saturated heterocycles. The van der Waals surface area contributed by atoms with Gasteiger partial charge in [-0.3, -0.25) is 0 Å². The Morgan fingerprint density at radius 1 is 1.00 bits per heavy atom. The molecule has 3 rings (SSSR count). The maximum Gasteiger partial charge on any atom is 0.343 e. The highest BCUT2D eigenvalue weighted by Gasteiger charge is 2.28. The number of aromatic hydroxyl groups is 1. The first-order valence-electron chi connectivity index (χ1n) is 9.65. The van der Waals surface area contributed by atoms with Crippen LogP contribution in [0.2, 0.25) is 0 Å². The van der Waals surface area contributed by atoms with Crippen LogP contribution in [0.3, 0.4) is 0 Å². The Labute approximate surface area is 165 Å². The molecule has 146 valence electrons. The maximum absolute atomic E-state index is 12.8. The zero-order chi connectivity index (χ0) is 20.1. The summed E-state index contributed by atoms with van der Waals surface area (Å²) in [5.74, 6) is -0.333. The summed E-state index contributed by atoms with van der Waals surface area (Å²) >= 11 is 0. The number of hydrogen-bond donors (Lipinski definition) is 2. The number of aliphatic hydroxyl groups excluding tert-OH is 1. The van der Waals surface area contributed by atoms with Gasteiger partial charge in [-0.2, -0.15) is 0 Å². The number of benzene rings is 2. The summed E-state index contributed by atoms with van der Waals surface area (Å²) in [4.78, 5) is 12.8. The average molecular weight is 378 g/mol. The zero-order valence-electron chi connectivity index (χ0n) is 16.2. The van der Waals surface area contributed by atoms with Gasteiger partial charge in [0.05, 0.1) is 11.7 Å². The normalized spacial score (nSPS) is 14.4. The Morgan fingerprint density at radius 2 is 1.61 bits per heavy atom. The van der Waals surface area contributed by atoms with Crippen molar-refractivity contribution < 1.29 is 14.6 Å². The van der Waals surface area contributed by atoms with E-state index in [1.54, 1.807) is 6.92 Å². The van der Waals surface area contributed by atoms with E-state index >= 15 is 0 Å². The van der Waals surface area contributed by atoms with Gasteiger partial charge >= 0.3 is 5.63 Å². The van der Waals surface area contributed by atoms with Crippen molar-refractivity contribution >= 4 is 0 Å². The van der Waals surface area contributed by atoms with Crippen LogP contribution in [0.1, 0.15) is 54.6 Å². The van der Waals surface area contributed by atoms with Crippen LogP contribution in [0, 0.1) is 0 Å². The molecular formula is C24H26O4. The van der Waals surface area contributed by atoms with Crippen LogP contribution in [0.4, 0.5) is 0 Å². The fourth-order valence-electron chi connectivity index (χ4n) is 3.69. The fourth-order valence-corrected chi connectivity index (χ4v) is 3.69. The zero-order valence-corrected chi connectivity index (χ0v) is 16.2. The smallest absolute Gasteiger partial charge is 0.343 e. The van der Waals surface area contributed by atoms with Crippen LogP contribution in [0.15, 0.2) is 75.9 Å². The standard InChI is InChI=1S/C24H26O4/c1-3-18(14-17-10-6-4-7-11-17)21-15-20(26)23(24(27)28-21)22(16(2)25)19-12-8-5-9-13-19/h4-13,15-16,18,22,25-26H,3,14H2,1-2H3. The number of hydrogen-bond acceptors (Lipinski definition) is 4. The molecule has 3 aromatic rings. The van der Waals surface area contributed by atoms with E-state index in [0.717, 1.165) is 24.0 Å². The molecule has 0 aliphatic carbocycles. The molecule has 4 heteroatoms. The van der Waals surface area contributed by atoms with E-state index in [1.807, 2.05) is 67.6 Å². The van der Waals surface area contributed by atoms with E-state index in [-0.39, 0.29) is 17.2 Å². The molecule has 0 spiro atoms. The van der Waals surface area contributed by atoms with Gasteiger partial charge in [0.25, 0.3) is 0 Å². The van der Waals surface area contributed by atoms with Gasteiger partial charge in [-0.05, 0) is 30.9 Å². The summed E-state index contributed by atoms with van der Waals surface area (Å²) in [7, 11) is 0. The first-order chi connectivity index (χ1) is 13.5. The molecule has 0 bridgehead atoms. The van der Waals surface area contributed by atoms with Gasteiger partial charge in [-0.1, -0.05) is 67.6 Å². The Balaban J connectivity index is 1.99. The van der Waals surface area contributed by atoms with Gasteiger partial charge in [0.15, 0.2) is 0 Å². The van der Waals surface area contributed by atoms with Gasteiger partial charge in [-0.25, -0.2) is 4.79 Å². The third kappa shape index (κ3) is 4.34. The van der Waals surface area contributed by atoms with Crippen LogP contribution < -0.4 is 5.63 Å². The van der Waals surface area contributed by atoms with Crippen molar-refractivity contribution in [3.63, 3.8) is 0 Å². The predicted octanol–water partition coefficient (Wildman–Crippen LogP) is 4.59. The summed E-state index contributed by atoms with van der Waals surface area (Å²) in [6, 6.07) is 20.7. The second-order valence-corrected chi connectivity index (χ2v) is 7.16. The van der Waals surface area contributed by atoms with Gasteiger partial charge in [-0.15, -0.1) is 0 Å². The van der Waals surface area contributed by atoms with E-state index in [1.165, 1.54) is 6.07 Å². The Hall–Kier alpha value is -2.85. The molecule has 0 amide bonds. The molecule has 4 nitrogen and oxygen atoms in total. The minimum Gasteiger partial charge on any atom is -0.507 e. The summed E-state index contributed by atoms with van der Waals surface area (Å²) in [6.07, 6.45) is 0.639. The quantitative estimate of drug-likeness (QED) is 0.631. The van der Waals surface area contributed by atoms with E-state index in [0.29, 0.717) is 5.76 Å². The lowest BCUT2D eigenvalue weighted by molar-refractivity contribution is 0.172. The fraction of sp³-hybridized carbons (Fsp3) is 0.292. The minimum absolute atomic E-state index is 0.0169. The van der Waals surface area contributed by atoms with Crippen molar-refractivity contribution in [1.29, 1.82) is 0 Å². The summed E-state index contributed by atoms with van der Waals surface area (Å²) in [5, 5.41) is 21.0. The van der Waals surface area contributed by atoms with Crippen molar-refractivity contribution in [2.24, 2.45) is 0 Å². The SMILES string of the molecule is CCC(Cc1ccccc1)c1cc(O)c(C(c2ccccc2)C(C)O)c(=O)o1. The van der Waals surface area contributed by atoms with Crippen molar-refractivity contribution in [3.8, 4) is 5.75 Å². The van der Waals surface area contributed by atoms with E-state index in [2.05, 4.69) is 0 Å². The second kappa shape index (κ2) is 8.89. The molecule has 1 heterocycles. The summed E-state index contributed by atoms with van der Waals surface area (Å²) in [6.45, 7) is 3.63. The van der Waals surface area contributed by atoms with E-state index < -0.39 is 17.6 Å². The highest BCUT2D eigenvalue weighted by molar-refractivity contribution is 5.41. The molecule has 2 N–H and O–H groups in total. The second-order valence-electron chi connectivity index (χ2n) is 7.16. The highest BCUT2D eigenvalue weighted by Crippen LogP contribution is 2.34. The van der Waals surface area contributed by atoms with Crippen molar-refractivity contribution in [3.05, 3.63) is 99.6 Å². The lowest BCUT2D eigenvalue weighted by Crippen LogP contribution is -2.23. The molecule has 0 saturated carbocycles. The topological polar surface area (TPSA) is 70.7 Å². The number of aliphatic hydroxyl groups is 1. The monoisotopic (exact) mass is 378 g/mol. The molecule has 3 atom stereocenters. The van der Waals surface area contributed by atoms with E-state index in [9.17, 15) is 15.0 Å². The maximum atomic E-state index is 12.8. The molecule has 0 aliphatic rings. The third-order valence-corrected chi connectivity index (χ3v) is 5.16. The highest BCUT2D eigenvalue weighted by atomic mass is 16.4. The Morgan fingerprint density at radius 3 is 2.14 bits per heavy atom. The van der Waals surface area contributed by atoms with Gasteiger partial charge < -0.3 is 14.6 Å². The first kappa shape index (κ1) is 19.9. The van der Waals surface area contributed by atoms with E-state index in [4.69, 9.17) is 4.42 Å². The van der Waals surface area contributed by atoms with Crippen LogP contribution in [-0.2, 0) is 6.42 Å². The van der Waals surface area contributed by atoms with Crippen molar-refractivity contribution in [2.45, 2.75) is 44.6 Å².